The molecule has 1 saturated carbocycles. The molecule has 1 aliphatic carbocycles. The monoisotopic (exact) mass is 489 g/mol. The quantitative estimate of drug-likeness (QED) is 0.395. The van der Waals surface area contributed by atoms with E-state index in [1.54, 1.807) is 12.1 Å². The van der Waals surface area contributed by atoms with Crippen molar-refractivity contribution in [3.05, 3.63) is 65.2 Å². The van der Waals surface area contributed by atoms with Crippen LogP contribution in [-0.2, 0) is 10.4 Å². The Morgan fingerprint density at radius 2 is 1.92 bits per heavy atom. The maximum absolute atomic E-state index is 12.3. The summed E-state index contributed by atoms with van der Waals surface area (Å²) in [5, 5.41) is 31.0. The van der Waals surface area contributed by atoms with E-state index in [-0.39, 0.29) is 24.4 Å². The second-order valence-corrected chi connectivity index (χ2v) is 9.86. The number of nitrogens with one attached hydrogen (secondary N) is 3. The Morgan fingerprint density at radius 1 is 1.14 bits per heavy atom. The Labute approximate surface area is 209 Å². The Kier molecular flexibility index (Phi) is 6.80. The van der Waals surface area contributed by atoms with E-state index in [2.05, 4.69) is 36.2 Å². The van der Waals surface area contributed by atoms with Crippen molar-refractivity contribution in [2.24, 2.45) is 0 Å². The van der Waals surface area contributed by atoms with Crippen LogP contribution in [0.15, 0.2) is 48.5 Å². The molecule has 5 rings (SSSR count). The molecule has 0 spiro atoms. The van der Waals surface area contributed by atoms with E-state index < -0.39 is 5.60 Å². The van der Waals surface area contributed by atoms with Gasteiger partial charge in [-0.1, -0.05) is 35.9 Å². The third-order valence-corrected chi connectivity index (χ3v) is 7.28. The largest absolute Gasteiger partial charge is 0.385 e. The summed E-state index contributed by atoms with van der Waals surface area (Å²) in [7, 11) is 0. The Bertz CT molecular complexity index is 1220. The molecule has 2 aromatic carbocycles. The van der Waals surface area contributed by atoms with E-state index in [0.717, 1.165) is 42.6 Å². The van der Waals surface area contributed by atoms with Crippen molar-refractivity contribution in [3.8, 4) is 11.4 Å². The number of hydrogen-bond donors (Lipinski definition) is 4. The van der Waals surface area contributed by atoms with Crippen molar-refractivity contribution in [1.29, 1.82) is 0 Å². The van der Waals surface area contributed by atoms with E-state index in [9.17, 15) is 14.7 Å². The van der Waals surface area contributed by atoms with Crippen LogP contribution in [0.4, 0.5) is 0 Å². The van der Waals surface area contributed by atoms with E-state index >= 15 is 0 Å². The third-order valence-electron chi connectivity index (χ3n) is 7.28. The number of nitrogens with zero attached hydrogens (tertiary/aromatic N) is 4. The number of amides is 2. The summed E-state index contributed by atoms with van der Waals surface area (Å²) in [6.45, 7) is 3.46. The molecule has 0 radical (unpaired) electrons. The zero-order chi connectivity index (χ0) is 25.1. The Hall–Kier alpha value is -3.63. The van der Waals surface area contributed by atoms with Gasteiger partial charge >= 0.3 is 0 Å². The minimum Gasteiger partial charge on any atom is -0.385 e. The molecule has 36 heavy (non-hydrogen) atoms. The average Bonchev–Trinajstić information content (AvgIpc) is 3.41. The van der Waals surface area contributed by atoms with E-state index in [1.807, 2.05) is 43.3 Å². The van der Waals surface area contributed by atoms with Crippen molar-refractivity contribution in [2.75, 3.05) is 19.6 Å². The Morgan fingerprint density at radius 3 is 2.64 bits per heavy atom. The molecule has 0 atom stereocenters. The first kappa shape index (κ1) is 24.1. The molecule has 10 heteroatoms. The van der Waals surface area contributed by atoms with Gasteiger partial charge in [-0.05, 0) is 66.8 Å². The van der Waals surface area contributed by atoms with Crippen LogP contribution in [0.3, 0.4) is 0 Å². The normalized spacial score (nSPS) is 22.6. The number of benzene rings is 2. The van der Waals surface area contributed by atoms with Gasteiger partial charge in [0.15, 0.2) is 5.82 Å². The van der Waals surface area contributed by atoms with Gasteiger partial charge in [-0.15, -0.1) is 5.10 Å². The SMILES string of the molecule is Cc1cccc(C(=O)NCC(=O)NC2CN([C@H]3CC[C@@](O)(c4cccc(-c5nnn[nH]5)c4)CC3)C2)c1. The van der Waals surface area contributed by atoms with Crippen molar-refractivity contribution < 1.29 is 14.7 Å². The number of aromatic nitrogens is 4. The molecule has 3 aromatic rings. The van der Waals surface area contributed by atoms with E-state index in [1.165, 1.54) is 0 Å². The number of tetrazole rings is 1. The van der Waals surface area contributed by atoms with Crippen molar-refractivity contribution in [2.45, 2.75) is 50.3 Å². The number of aliphatic hydroxyl groups is 1. The van der Waals surface area contributed by atoms with E-state index in [4.69, 9.17) is 0 Å². The second-order valence-electron chi connectivity index (χ2n) is 9.86. The van der Waals surface area contributed by atoms with Crippen molar-refractivity contribution in [3.63, 3.8) is 0 Å². The number of likely N-dealkylation sites (tertiary alicyclic amines) is 1. The molecule has 1 saturated heterocycles. The number of aryl methyl sites for hydroxylation is 1. The smallest absolute Gasteiger partial charge is 0.251 e. The number of H-pyrrole nitrogens is 1. The summed E-state index contributed by atoms with van der Waals surface area (Å²) < 4.78 is 0. The highest BCUT2D eigenvalue weighted by atomic mass is 16.3. The molecule has 4 N–H and O–H groups in total. The van der Waals surface area contributed by atoms with Crippen molar-refractivity contribution >= 4 is 11.8 Å². The molecule has 1 aliphatic heterocycles. The lowest BCUT2D eigenvalue weighted by Gasteiger charge is -2.48. The first-order valence-corrected chi connectivity index (χ1v) is 12.3. The van der Waals surface area contributed by atoms with E-state index in [0.29, 0.717) is 30.3 Å². The first-order chi connectivity index (χ1) is 17.4. The zero-order valence-electron chi connectivity index (χ0n) is 20.3. The molecule has 0 bridgehead atoms. The lowest BCUT2D eigenvalue weighted by molar-refractivity contribution is -0.122. The minimum atomic E-state index is -0.867. The van der Waals surface area contributed by atoms with Crippen LogP contribution < -0.4 is 10.6 Å². The number of carbonyl (C=O) groups is 2. The first-order valence-electron chi connectivity index (χ1n) is 12.3. The highest BCUT2D eigenvalue weighted by molar-refractivity contribution is 5.96. The second kappa shape index (κ2) is 10.2. The van der Waals surface area contributed by atoms with Crippen LogP contribution in [0.1, 0.15) is 47.2 Å². The fourth-order valence-electron chi connectivity index (χ4n) is 5.20. The van der Waals surface area contributed by atoms with Crippen LogP contribution in [0.2, 0.25) is 0 Å². The number of rotatable bonds is 7. The molecular formula is C26H31N7O3. The fraction of sp³-hybridized carbons (Fsp3) is 0.423. The van der Waals surface area contributed by atoms with Gasteiger partial charge < -0.3 is 15.7 Å². The molecule has 2 aliphatic rings. The molecule has 10 nitrogen and oxygen atoms in total. The average molecular weight is 490 g/mol. The molecule has 2 amide bonds. The highest BCUT2D eigenvalue weighted by Crippen LogP contribution is 2.40. The predicted octanol–water partition coefficient (Wildman–Crippen LogP) is 1.54. The molecule has 2 heterocycles. The molecule has 2 fully saturated rings. The lowest BCUT2D eigenvalue weighted by atomic mass is 9.76. The van der Waals surface area contributed by atoms with Gasteiger partial charge in [-0.25, -0.2) is 5.10 Å². The maximum Gasteiger partial charge on any atom is 0.251 e. The van der Waals surface area contributed by atoms with Gasteiger partial charge in [0.1, 0.15) is 0 Å². The van der Waals surface area contributed by atoms with Crippen LogP contribution in [0.5, 0.6) is 0 Å². The van der Waals surface area contributed by atoms with Crippen LogP contribution in [0.25, 0.3) is 11.4 Å². The predicted molar refractivity (Wildman–Crippen MR) is 133 cm³/mol. The van der Waals surface area contributed by atoms with Gasteiger partial charge in [-0.3, -0.25) is 14.5 Å². The van der Waals surface area contributed by atoms with Crippen LogP contribution in [-0.4, -0.2) is 74.2 Å². The number of aromatic amines is 1. The molecule has 1 aromatic heterocycles. The van der Waals surface area contributed by atoms with Gasteiger partial charge in [-0.2, -0.15) is 0 Å². The summed E-state index contributed by atoms with van der Waals surface area (Å²) in [5.41, 5.74) is 2.42. The maximum atomic E-state index is 12.3. The summed E-state index contributed by atoms with van der Waals surface area (Å²) in [5.74, 6) is 0.153. The number of hydrogen-bond acceptors (Lipinski definition) is 7. The van der Waals surface area contributed by atoms with Gasteiger partial charge in [0.2, 0.25) is 5.91 Å². The number of carbonyl (C=O) groups excluding carboxylic acids is 2. The third kappa shape index (κ3) is 5.29. The standard InChI is InChI=1S/C26H31N7O3/c1-17-4-2-6-19(12-17)25(35)27-14-23(34)28-21-15-33(16-21)22-8-10-26(36,11-9-22)20-7-3-5-18(13-20)24-29-31-32-30-24/h2-7,12-13,21-22,36H,8-11,14-16H2,1H3,(H,27,35)(H,28,34)(H,29,30,31,32)/t22-,26-. The zero-order valence-corrected chi connectivity index (χ0v) is 20.3. The Balaban J connectivity index is 1.05. The van der Waals surface area contributed by atoms with Crippen LogP contribution in [0, 0.1) is 6.92 Å². The van der Waals surface area contributed by atoms with Gasteiger partial charge in [0.25, 0.3) is 5.91 Å². The molecular weight excluding hydrogens is 458 g/mol. The van der Waals surface area contributed by atoms with Gasteiger partial charge in [0, 0.05) is 30.3 Å². The van der Waals surface area contributed by atoms with Crippen molar-refractivity contribution in [1.82, 2.24) is 36.2 Å². The summed E-state index contributed by atoms with van der Waals surface area (Å²) in [6.07, 6.45) is 3.12. The minimum absolute atomic E-state index is 0.0388. The summed E-state index contributed by atoms with van der Waals surface area (Å²) >= 11 is 0. The fourth-order valence-corrected chi connectivity index (χ4v) is 5.20. The van der Waals surface area contributed by atoms with Gasteiger partial charge in [0.05, 0.1) is 18.2 Å². The lowest BCUT2D eigenvalue weighted by Crippen LogP contribution is -2.63. The molecule has 0 unspecified atom stereocenters. The summed E-state index contributed by atoms with van der Waals surface area (Å²) in [4.78, 5) is 26.9. The molecule has 188 valence electrons. The summed E-state index contributed by atoms with van der Waals surface area (Å²) in [6, 6.07) is 15.5. The highest BCUT2D eigenvalue weighted by Gasteiger charge is 2.40. The van der Waals surface area contributed by atoms with Crippen LogP contribution >= 0.6 is 0 Å². The topological polar surface area (TPSA) is 136 Å².